The van der Waals surface area contributed by atoms with Crippen LogP contribution >= 0.6 is 11.3 Å². The molecule has 0 aromatic carbocycles. The van der Waals surface area contributed by atoms with Crippen LogP contribution in [-0.4, -0.2) is 15.7 Å². The van der Waals surface area contributed by atoms with E-state index in [-0.39, 0.29) is 11.8 Å². The Balaban J connectivity index is 2.17. The second kappa shape index (κ2) is 3.70. The zero-order chi connectivity index (χ0) is 12.0. The molecule has 0 unspecified atom stereocenters. The smallest absolute Gasteiger partial charge is 0.226 e. The summed E-state index contributed by atoms with van der Waals surface area (Å²) in [6, 6.07) is 4.11. The first kappa shape index (κ1) is 10.5. The molecule has 0 saturated heterocycles. The van der Waals surface area contributed by atoms with Gasteiger partial charge in [-0.25, -0.2) is 0 Å². The van der Waals surface area contributed by atoms with E-state index in [1.165, 1.54) is 4.88 Å². The number of nitrogens with one attached hydrogen (secondary N) is 1. The van der Waals surface area contributed by atoms with Gasteiger partial charge in [-0.05, 0) is 18.4 Å². The Morgan fingerprint density at radius 2 is 2.41 bits per heavy atom. The Morgan fingerprint density at radius 3 is 3.12 bits per heavy atom. The van der Waals surface area contributed by atoms with Gasteiger partial charge in [0, 0.05) is 29.8 Å². The van der Waals surface area contributed by atoms with E-state index in [4.69, 9.17) is 0 Å². The summed E-state index contributed by atoms with van der Waals surface area (Å²) in [5.74, 6) is 1.07. The van der Waals surface area contributed by atoms with E-state index in [1.54, 1.807) is 16.0 Å². The van der Waals surface area contributed by atoms with Crippen molar-refractivity contribution in [1.29, 1.82) is 0 Å². The molecule has 1 atom stereocenters. The first-order valence-corrected chi connectivity index (χ1v) is 6.41. The van der Waals surface area contributed by atoms with Crippen LogP contribution < -0.4 is 5.32 Å². The Kier molecular flexibility index (Phi) is 2.29. The summed E-state index contributed by atoms with van der Waals surface area (Å²) in [7, 11) is 1.86. The van der Waals surface area contributed by atoms with Gasteiger partial charge >= 0.3 is 0 Å². The quantitative estimate of drug-likeness (QED) is 0.840. The summed E-state index contributed by atoms with van der Waals surface area (Å²) >= 11 is 1.70. The number of thiophene rings is 1. The molecule has 0 fully saturated rings. The third kappa shape index (κ3) is 1.58. The summed E-state index contributed by atoms with van der Waals surface area (Å²) in [4.78, 5) is 13.0. The highest BCUT2D eigenvalue weighted by atomic mass is 32.1. The maximum absolute atomic E-state index is 11.7. The lowest BCUT2D eigenvalue weighted by Gasteiger charge is -2.22. The molecule has 2 aromatic rings. The third-order valence-corrected chi connectivity index (χ3v) is 4.14. The fourth-order valence-electron chi connectivity index (χ4n) is 2.44. The molecule has 1 aliphatic heterocycles. The number of carbonyl (C=O) groups is 1. The van der Waals surface area contributed by atoms with Gasteiger partial charge in [0.25, 0.3) is 0 Å². The van der Waals surface area contributed by atoms with Gasteiger partial charge in [0.2, 0.25) is 5.91 Å². The van der Waals surface area contributed by atoms with Crippen LogP contribution in [0.2, 0.25) is 0 Å². The average Bonchev–Trinajstić information content (AvgIpc) is 2.88. The van der Waals surface area contributed by atoms with Gasteiger partial charge in [0.15, 0.2) is 0 Å². The predicted octanol–water partition coefficient (Wildman–Crippen LogP) is 2.26. The topological polar surface area (TPSA) is 46.9 Å². The molecule has 1 amide bonds. The molecule has 88 valence electrons. The molecule has 0 spiro atoms. The summed E-state index contributed by atoms with van der Waals surface area (Å²) in [6.45, 7) is 2.00. The molecule has 5 heteroatoms. The van der Waals surface area contributed by atoms with Crippen LogP contribution in [0.1, 0.15) is 28.5 Å². The molecule has 17 heavy (non-hydrogen) atoms. The van der Waals surface area contributed by atoms with Crippen LogP contribution in [0.25, 0.3) is 0 Å². The fourth-order valence-corrected chi connectivity index (χ4v) is 3.28. The normalized spacial score (nSPS) is 18.9. The number of amides is 1. The SMILES string of the molecule is Cc1nn(C)c2c1[C@H](c1cccs1)CC(=O)N2. The Bertz CT molecular complexity index is 571. The van der Waals surface area contributed by atoms with Crippen molar-refractivity contribution in [3.8, 4) is 0 Å². The molecule has 3 heterocycles. The van der Waals surface area contributed by atoms with Crippen molar-refractivity contribution in [2.24, 2.45) is 7.05 Å². The predicted molar refractivity (Wildman–Crippen MR) is 67.4 cm³/mol. The highest BCUT2D eigenvalue weighted by Gasteiger charge is 2.31. The Morgan fingerprint density at radius 1 is 1.59 bits per heavy atom. The molecule has 2 aromatic heterocycles. The third-order valence-electron chi connectivity index (χ3n) is 3.15. The highest BCUT2D eigenvalue weighted by Crippen LogP contribution is 2.40. The molecule has 0 saturated carbocycles. The van der Waals surface area contributed by atoms with Gasteiger partial charge in [0.1, 0.15) is 5.82 Å². The second-order valence-corrected chi connectivity index (χ2v) is 5.27. The number of rotatable bonds is 1. The molecule has 1 N–H and O–H groups in total. The number of fused-ring (bicyclic) bond motifs is 1. The van der Waals surface area contributed by atoms with Crippen LogP contribution in [0.5, 0.6) is 0 Å². The minimum atomic E-state index is 0.0684. The summed E-state index contributed by atoms with van der Waals surface area (Å²) < 4.78 is 1.75. The van der Waals surface area contributed by atoms with E-state index in [1.807, 2.05) is 25.4 Å². The lowest BCUT2D eigenvalue weighted by molar-refractivity contribution is -0.116. The van der Waals surface area contributed by atoms with Gasteiger partial charge in [-0.15, -0.1) is 11.3 Å². The molecular weight excluding hydrogens is 234 g/mol. The number of carbonyl (C=O) groups excluding carboxylic acids is 1. The molecule has 0 aliphatic carbocycles. The standard InChI is InChI=1S/C12H13N3OS/c1-7-11-8(9-4-3-5-17-9)6-10(16)13-12(11)15(2)14-7/h3-5,8H,6H2,1-2H3,(H,13,16)/t8-/m0/s1. The van der Waals surface area contributed by atoms with Crippen molar-refractivity contribution in [2.45, 2.75) is 19.3 Å². The zero-order valence-corrected chi connectivity index (χ0v) is 10.5. The minimum Gasteiger partial charge on any atom is -0.311 e. The Hall–Kier alpha value is -1.62. The monoisotopic (exact) mass is 247 g/mol. The molecular formula is C12H13N3OS. The molecule has 1 aliphatic rings. The van der Waals surface area contributed by atoms with E-state index in [0.29, 0.717) is 6.42 Å². The van der Waals surface area contributed by atoms with Crippen LogP contribution in [0.3, 0.4) is 0 Å². The van der Waals surface area contributed by atoms with Gasteiger partial charge in [-0.3, -0.25) is 9.48 Å². The summed E-state index contributed by atoms with van der Waals surface area (Å²) in [5, 5.41) is 9.35. The fraction of sp³-hybridized carbons (Fsp3) is 0.333. The first-order valence-electron chi connectivity index (χ1n) is 5.53. The highest BCUT2D eigenvalue weighted by molar-refractivity contribution is 7.10. The number of aryl methyl sites for hydroxylation is 2. The maximum atomic E-state index is 11.7. The zero-order valence-electron chi connectivity index (χ0n) is 9.73. The van der Waals surface area contributed by atoms with Crippen molar-refractivity contribution in [3.63, 3.8) is 0 Å². The van der Waals surface area contributed by atoms with Crippen molar-refractivity contribution in [1.82, 2.24) is 9.78 Å². The van der Waals surface area contributed by atoms with Crippen molar-refractivity contribution in [3.05, 3.63) is 33.6 Å². The van der Waals surface area contributed by atoms with Gasteiger partial charge < -0.3 is 5.32 Å². The molecule has 0 radical (unpaired) electrons. The van der Waals surface area contributed by atoms with Crippen molar-refractivity contribution < 1.29 is 4.79 Å². The summed E-state index contributed by atoms with van der Waals surface area (Å²) in [6.07, 6.45) is 0.514. The van der Waals surface area contributed by atoms with Crippen molar-refractivity contribution >= 4 is 23.1 Å². The number of hydrogen-bond acceptors (Lipinski definition) is 3. The van der Waals surface area contributed by atoms with Crippen LogP contribution in [0.15, 0.2) is 17.5 Å². The molecule has 3 rings (SSSR count). The van der Waals surface area contributed by atoms with Gasteiger partial charge in [-0.2, -0.15) is 5.10 Å². The Labute approximate surface area is 103 Å². The van der Waals surface area contributed by atoms with Crippen LogP contribution in [0.4, 0.5) is 5.82 Å². The summed E-state index contributed by atoms with van der Waals surface area (Å²) in [5.41, 5.74) is 2.16. The van der Waals surface area contributed by atoms with E-state index in [9.17, 15) is 4.79 Å². The first-order chi connectivity index (χ1) is 8.16. The van der Waals surface area contributed by atoms with E-state index < -0.39 is 0 Å². The minimum absolute atomic E-state index is 0.0684. The van der Waals surface area contributed by atoms with E-state index in [0.717, 1.165) is 17.1 Å². The largest absolute Gasteiger partial charge is 0.311 e. The van der Waals surface area contributed by atoms with Gasteiger partial charge in [-0.1, -0.05) is 6.07 Å². The number of nitrogens with zero attached hydrogens (tertiary/aromatic N) is 2. The lowest BCUT2D eigenvalue weighted by Crippen LogP contribution is -2.24. The molecule has 4 nitrogen and oxygen atoms in total. The number of anilines is 1. The number of aromatic nitrogens is 2. The van der Waals surface area contributed by atoms with Crippen LogP contribution in [0, 0.1) is 6.92 Å². The number of hydrogen-bond donors (Lipinski definition) is 1. The maximum Gasteiger partial charge on any atom is 0.226 e. The van der Waals surface area contributed by atoms with Crippen molar-refractivity contribution in [2.75, 3.05) is 5.32 Å². The van der Waals surface area contributed by atoms with E-state index >= 15 is 0 Å². The lowest BCUT2D eigenvalue weighted by atomic mass is 9.91. The molecule has 0 bridgehead atoms. The second-order valence-electron chi connectivity index (χ2n) is 4.29. The van der Waals surface area contributed by atoms with E-state index in [2.05, 4.69) is 16.5 Å². The van der Waals surface area contributed by atoms with Crippen LogP contribution in [-0.2, 0) is 11.8 Å². The average molecular weight is 247 g/mol. The van der Waals surface area contributed by atoms with Gasteiger partial charge in [0.05, 0.1) is 5.69 Å².